The summed E-state index contributed by atoms with van der Waals surface area (Å²) in [7, 11) is 1.35. The summed E-state index contributed by atoms with van der Waals surface area (Å²) in [5, 5.41) is 9.28. The van der Waals surface area contributed by atoms with Crippen LogP contribution in [0.1, 0.15) is 30.0 Å². The van der Waals surface area contributed by atoms with Crippen molar-refractivity contribution in [1.82, 2.24) is 14.8 Å². The van der Waals surface area contributed by atoms with Gasteiger partial charge in [-0.1, -0.05) is 25.6 Å². The topological polar surface area (TPSA) is 83.3 Å². The van der Waals surface area contributed by atoms with Crippen molar-refractivity contribution in [3.05, 3.63) is 42.0 Å². The number of nitrogens with zero attached hydrogens (tertiary/aromatic N) is 3. The second-order valence-electron chi connectivity index (χ2n) is 5.83. The van der Waals surface area contributed by atoms with Crippen LogP contribution < -0.4 is 0 Å². The van der Waals surface area contributed by atoms with Crippen molar-refractivity contribution in [3.63, 3.8) is 0 Å². The van der Waals surface area contributed by atoms with Crippen molar-refractivity contribution < 1.29 is 18.4 Å². The van der Waals surface area contributed by atoms with E-state index in [0.29, 0.717) is 34.6 Å². The molecular weight excluding hydrogens is 342 g/mol. The van der Waals surface area contributed by atoms with Gasteiger partial charge in [-0.25, -0.2) is 4.79 Å². The largest absolute Gasteiger partial charge is 0.468 e. The molecule has 0 unspecified atom stereocenters. The van der Waals surface area contributed by atoms with Gasteiger partial charge < -0.3 is 13.6 Å². The van der Waals surface area contributed by atoms with Gasteiger partial charge in [0.2, 0.25) is 0 Å². The molecule has 25 heavy (non-hydrogen) atoms. The molecule has 0 saturated heterocycles. The molecule has 3 aromatic heterocycles. The minimum Gasteiger partial charge on any atom is -0.468 e. The molecule has 0 aliphatic rings. The highest BCUT2D eigenvalue weighted by atomic mass is 32.2. The highest BCUT2D eigenvalue weighted by Gasteiger charge is 2.20. The van der Waals surface area contributed by atoms with E-state index < -0.39 is 5.97 Å². The Morgan fingerprint density at radius 2 is 2.12 bits per heavy atom. The second kappa shape index (κ2) is 7.60. The minimum atomic E-state index is -0.413. The van der Waals surface area contributed by atoms with Gasteiger partial charge in [-0.2, -0.15) is 0 Å². The molecule has 132 valence electrons. The predicted molar refractivity (Wildman–Crippen MR) is 92.2 cm³/mol. The van der Waals surface area contributed by atoms with Crippen LogP contribution >= 0.6 is 11.8 Å². The molecule has 0 aromatic carbocycles. The van der Waals surface area contributed by atoms with Gasteiger partial charge in [0.1, 0.15) is 11.3 Å². The van der Waals surface area contributed by atoms with Crippen molar-refractivity contribution in [1.29, 1.82) is 0 Å². The molecule has 3 heterocycles. The number of esters is 1. The van der Waals surface area contributed by atoms with Crippen molar-refractivity contribution in [2.45, 2.75) is 31.3 Å². The fourth-order valence-electron chi connectivity index (χ4n) is 2.39. The van der Waals surface area contributed by atoms with Crippen LogP contribution in [0.25, 0.3) is 11.6 Å². The monoisotopic (exact) mass is 361 g/mol. The number of rotatable bonds is 7. The van der Waals surface area contributed by atoms with Crippen LogP contribution in [0.4, 0.5) is 0 Å². The Morgan fingerprint density at radius 1 is 1.28 bits per heavy atom. The molecule has 8 heteroatoms. The molecule has 0 saturated carbocycles. The molecule has 0 spiro atoms. The number of hydrogen-bond donors (Lipinski definition) is 0. The lowest BCUT2D eigenvalue weighted by molar-refractivity contribution is 0.0598. The number of thioether (sulfide) groups is 1. The van der Waals surface area contributed by atoms with Gasteiger partial charge in [-0.3, -0.25) is 4.57 Å². The summed E-state index contributed by atoms with van der Waals surface area (Å²) in [6, 6.07) is 5.29. The Morgan fingerprint density at radius 3 is 2.80 bits per heavy atom. The lowest BCUT2D eigenvalue weighted by atomic mass is 10.2. The second-order valence-corrected chi connectivity index (χ2v) is 6.77. The van der Waals surface area contributed by atoms with Crippen LogP contribution in [-0.4, -0.2) is 27.8 Å². The van der Waals surface area contributed by atoms with Crippen LogP contribution in [0, 0.1) is 5.92 Å². The molecule has 0 fully saturated rings. The standard InChI is InChI=1S/C17H19N3O4S/c1-11(2)9-20-15(13-5-4-7-23-13)18-19-17(20)25-10-14-12(6-8-24-14)16(21)22-3/h4-8,11H,9-10H2,1-3H3. The average Bonchev–Trinajstić information content (AvgIpc) is 3.32. The van der Waals surface area contributed by atoms with E-state index in [9.17, 15) is 4.79 Å². The molecular formula is C17H19N3O4S. The first-order valence-electron chi connectivity index (χ1n) is 7.84. The fourth-order valence-corrected chi connectivity index (χ4v) is 3.29. The molecule has 0 atom stereocenters. The Hall–Kier alpha value is -2.48. The molecule has 7 nitrogen and oxygen atoms in total. The van der Waals surface area contributed by atoms with Crippen molar-refractivity contribution in [2.24, 2.45) is 5.92 Å². The molecule has 0 amide bonds. The molecule has 0 aliphatic carbocycles. The van der Waals surface area contributed by atoms with Crippen LogP contribution in [0.3, 0.4) is 0 Å². The number of ether oxygens (including phenoxy) is 1. The van der Waals surface area contributed by atoms with Gasteiger partial charge in [-0.15, -0.1) is 10.2 Å². The van der Waals surface area contributed by atoms with E-state index in [1.165, 1.54) is 25.1 Å². The number of carbonyl (C=O) groups is 1. The smallest absolute Gasteiger partial charge is 0.341 e. The number of hydrogen-bond acceptors (Lipinski definition) is 7. The molecule has 0 radical (unpaired) electrons. The van der Waals surface area contributed by atoms with Crippen molar-refractivity contribution in [2.75, 3.05) is 7.11 Å². The highest BCUT2D eigenvalue weighted by Crippen LogP contribution is 2.29. The zero-order chi connectivity index (χ0) is 17.8. The third-order valence-electron chi connectivity index (χ3n) is 3.49. The summed E-state index contributed by atoms with van der Waals surface area (Å²) >= 11 is 1.45. The van der Waals surface area contributed by atoms with Gasteiger partial charge in [0.05, 0.1) is 25.4 Å². The summed E-state index contributed by atoms with van der Waals surface area (Å²) in [5.74, 6) is 2.37. The van der Waals surface area contributed by atoms with Gasteiger partial charge in [0.15, 0.2) is 16.7 Å². The van der Waals surface area contributed by atoms with E-state index >= 15 is 0 Å². The normalized spacial score (nSPS) is 11.2. The van der Waals surface area contributed by atoms with E-state index in [4.69, 9.17) is 13.6 Å². The third-order valence-corrected chi connectivity index (χ3v) is 4.46. The van der Waals surface area contributed by atoms with E-state index in [0.717, 1.165) is 11.7 Å². The summed E-state index contributed by atoms with van der Waals surface area (Å²) < 4.78 is 17.7. The molecule has 0 N–H and O–H groups in total. The van der Waals surface area contributed by atoms with E-state index in [-0.39, 0.29) is 0 Å². The van der Waals surface area contributed by atoms with Gasteiger partial charge >= 0.3 is 5.97 Å². The van der Waals surface area contributed by atoms with Gasteiger partial charge in [-0.05, 0) is 24.1 Å². The van der Waals surface area contributed by atoms with Crippen LogP contribution in [0.2, 0.25) is 0 Å². The van der Waals surface area contributed by atoms with E-state index in [1.807, 2.05) is 16.7 Å². The first-order chi connectivity index (χ1) is 12.1. The molecule has 3 aromatic rings. The van der Waals surface area contributed by atoms with Crippen LogP contribution in [0.15, 0.2) is 44.7 Å². The first-order valence-corrected chi connectivity index (χ1v) is 8.83. The summed E-state index contributed by atoms with van der Waals surface area (Å²) in [6.07, 6.45) is 3.09. The number of methoxy groups -OCH3 is 1. The quantitative estimate of drug-likeness (QED) is 0.466. The maximum atomic E-state index is 11.7. The lowest BCUT2D eigenvalue weighted by Gasteiger charge is -2.11. The fraction of sp³-hybridized carbons (Fsp3) is 0.353. The Bertz CT molecular complexity index is 836. The maximum Gasteiger partial charge on any atom is 0.341 e. The number of carbonyl (C=O) groups excluding carboxylic acids is 1. The summed E-state index contributed by atoms with van der Waals surface area (Å²) in [4.78, 5) is 11.7. The van der Waals surface area contributed by atoms with E-state index in [1.54, 1.807) is 12.3 Å². The van der Waals surface area contributed by atoms with Gasteiger partial charge in [0.25, 0.3) is 0 Å². The SMILES string of the molecule is COC(=O)c1ccoc1CSc1nnc(-c2ccco2)n1CC(C)C. The zero-order valence-corrected chi connectivity index (χ0v) is 15.1. The van der Waals surface area contributed by atoms with Crippen LogP contribution in [-0.2, 0) is 17.0 Å². The zero-order valence-electron chi connectivity index (χ0n) is 14.3. The Labute approximate surface area is 149 Å². The maximum absolute atomic E-state index is 11.7. The molecule has 3 rings (SSSR count). The van der Waals surface area contributed by atoms with Gasteiger partial charge in [0, 0.05) is 6.54 Å². The third kappa shape index (κ3) is 3.79. The predicted octanol–water partition coefficient (Wildman–Crippen LogP) is 3.87. The molecule has 0 bridgehead atoms. The Balaban J connectivity index is 1.83. The van der Waals surface area contributed by atoms with E-state index in [2.05, 4.69) is 24.0 Å². The average molecular weight is 361 g/mol. The lowest BCUT2D eigenvalue weighted by Crippen LogP contribution is -2.08. The molecule has 0 aliphatic heterocycles. The summed E-state index contributed by atoms with van der Waals surface area (Å²) in [5.41, 5.74) is 0.427. The summed E-state index contributed by atoms with van der Waals surface area (Å²) in [6.45, 7) is 5.01. The van der Waals surface area contributed by atoms with Crippen molar-refractivity contribution >= 4 is 17.7 Å². The highest BCUT2D eigenvalue weighted by molar-refractivity contribution is 7.98. The Kier molecular flexibility index (Phi) is 5.28. The van der Waals surface area contributed by atoms with Crippen molar-refractivity contribution in [3.8, 4) is 11.6 Å². The first kappa shape index (κ1) is 17.3. The number of furan rings is 2. The minimum absolute atomic E-state index is 0.413. The number of aromatic nitrogens is 3. The van der Waals surface area contributed by atoms with Crippen LogP contribution in [0.5, 0.6) is 0 Å².